The largest absolute Gasteiger partial charge is 0.269 e. The highest BCUT2D eigenvalue weighted by Gasteiger charge is 2.16. The summed E-state index contributed by atoms with van der Waals surface area (Å²) in [6, 6.07) is 0. The standard InChI is InChI=1S/C10H12Cl2N4O2S/c1-3-8-10(11)9(15(2)14-8)6-16-5-7(4-13-16)19(12,17)18/h4-5H,3,6H2,1-2H3. The molecule has 0 saturated heterocycles. The lowest BCUT2D eigenvalue weighted by molar-refractivity contribution is 0.607. The number of aryl methyl sites for hydroxylation is 2. The van der Waals surface area contributed by atoms with Gasteiger partial charge in [0.05, 0.1) is 29.2 Å². The minimum absolute atomic E-state index is 0.0387. The van der Waals surface area contributed by atoms with Gasteiger partial charge in [0.2, 0.25) is 0 Å². The summed E-state index contributed by atoms with van der Waals surface area (Å²) in [5.41, 5.74) is 1.57. The zero-order valence-electron chi connectivity index (χ0n) is 10.3. The summed E-state index contributed by atoms with van der Waals surface area (Å²) in [6.07, 6.45) is 3.29. The molecule has 0 aliphatic carbocycles. The van der Waals surface area contributed by atoms with Crippen molar-refractivity contribution in [3.05, 3.63) is 28.8 Å². The first-order chi connectivity index (χ1) is 8.82. The van der Waals surface area contributed by atoms with Crippen molar-refractivity contribution in [2.45, 2.75) is 24.8 Å². The number of hydrogen-bond acceptors (Lipinski definition) is 4. The fourth-order valence-corrected chi connectivity index (χ4v) is 2.72. The normalized spacial score (nSPS) is 12.0. The summed E-state index contributed by atoms with van der Waals surface area (Å²) in [5.74, 6) is 0. The van der Waals surface area contributed by atoms with Crippen LogP contribution in [0.2, 0.25) is 5.02 Å². The average molecular weight is 323 g/mol. The van der Waals surface area contributed by atoms with Crippen LogP contribution in [-0.4, -0.2) is 28.0 Å². The molecule has 2 heterocycles. The predicted molar refractivity (Wildman–Crippen MR) is 72.0 cm³/mol. The molecule has 2 rings (SSSR count). The average Bonchev–Trinajstić information content (AvgIpc) is 2.88. The third-order valence-corrected chi connectivity index (χ3v) is 4.45. The van der Waals surface area contributed by atoms with Crippen LogP contribution in [0.4, 0.5) is 0 Å². The molecule has 0 bridgehead atoms. The fraction of sp³-hybridized carbons (Fsp3) is 0.400. The smallest absolute Gasteiger partial charge is 0.264 e. The van der Waals surface area contributed by atoms with Crippen LogP contribution < -0.4 is 0 Å². The summed E-state index contributed by atoms with van der Waals surface area (Å²) < 4.78 is 25.4. The van der Waals surface area contributed by atoms with Crippen molar-refractivity contribution in [1.29, 1.82) is 0 Å². The van der Waals surface area contributed by atoms with Crippen LogP contribution >= 0.6 is 22.3 Å². The van der Waals surface area contributed by atoms with Crippen LogP contribution in [0.15, 0.2) is 17.3 Å². The molecule has 0 fully saturated rings. The summed E-state index contributed by atoms with van der Waals surface area (Å²) in [6.45, 7) is 2.29. The topological polar surface area (TPSA) is 69.8 Å². The Morgan fingerprint density at radius 1 is 1.42 bits per heavy atom. The first-order valence-corrected chi connectivity index (χ1v) is 8.19. The van der Waals surface area contributed by atoms with Crippen LogP contribution in [0, 0.1) is 0 Å². The second-order valence-electron chi connectivity index (χ2n) is 4.00. The first-order valence-electron chi connectivity index (χ1n) is 5.50. The van der Waals surface area contributed by atoms with Gasteiger partial charge in [-0.25, -0.2) is 8.42 Å². The van der Waals surface area contributed by atoms with E-state index in [1.54, 1.807) is 11.7 Å². The highest BCUT2D eigenvalue weighted by Crippen LogP contribution is 2.22. The molecule has 0 aliphatic rings. The van der Waals surface area contributed by atoms with E-state index in [4.69, 9.17) is 22.3 Å². The molecular weight excluding hydrogens is 311 g/mol. The van der Waals surface area contributed by atoms with E-state index in [9.17, 15) is 8.42 Å². The van der Waals surface area contributed by atoms with Gasteiger partial charge in [0.15, 0.2) is 0 Å². The molecule has 6 nitrogen and oxygen atoms in total. The molecule has 0 atom stereocenters. The molecule has 9 heteroatoms. The van der Waals surface area contributed by atoms with Gasteiger partial charge in [0.25, 0.3) is 9.05 Å². The van der Waals surface area contributed by atoms with Gasteiger partial charge in [-0.3, -0.25) is 9.36 Å². The lowest BCUT2D eigenvalue weighted by Gasteiger charge is -2.02. The molecule has 0 saturated carbocycles. The van der Waals surface area contributed by atoms with Crippen molar-refractivity contribution in [1.82, 2.24) is 19.6 Å². The van der Waals surface area contributed by atoms with Gasteiger partial charge in [-0.05, 0) is 6.42 Å². The summed E-state index contributed by atoms with van der Waals surface area (Å²) in [4.78, 5) is -0.0387. The van der Waals surface area contributed by atoms with Crippen molar-refractivity contribution >= 4 is 31.3 Å². The predicted octanol–water partition coefficient (Wildman–Crippen LogP) is 1.81. The Balaban J connectivity index is 2.32. The maximum atomic E-state index is 11.2. The molecule has 0 aromatic carbocycles. The lowest BCUT2D eigenvalue weighted by atomic mass is 10.3. The van der Waals surface area contributed by atoms with Gasteiger partial charge in [0, 0.05) is 23.9 Å². The van der Waals surface area contributed by atoms with E-state index in [0.717, 1.165) is 17.8 Å². The third kappa shape index (κ3) is 2.93. The molecule has 0 unspecified atom stereocenters. The van der Waals surface area contributed by atoms with Gasteiger partial charge in [-0.2, -0.15) is 10.2 Å². The molecule has 19 heavy (non-hydrogen) atoms. The van der Waals surface area contributed by atoms with Gasteiger partial charge >= 0.3 is 0 Å². The summed E-state index contributed by atoms with van der Waals surface area (Å²) in [5, 5.41) is 8.81. The molecule has 104 valence electrons. The molecule has 2 aromatic rings. The highest BCUT2D eigenvalue weighted by atomic mass is 35.7. The van der Waals surface area contributed by atoms with E-state index in [2.05, 4.69) is 10.2 Å². The van der Waals surface area contributed by atoms with Gasteiger partial charge in [-0.15, -0.1) is 0 Å². The number of rotatable bonds is 4. The fourth-order valence-electron chi connectivity index (χ4n) is 1.70. The molecule has 2 aromatic heterocycles. The maximum Gasteiger partial charge on any atom is 0.264 e. The first kappa shape index (κ1) is 14.4. The second-order valence-corrected chi connectivity index (χ2v) is 6.94. The Morgan fingerprint density at radius 3 is 2.58 bits per heavy atom. The van der Waals surface area contributed by atoms with Crippen molar-refractivity contribution in [3.63, 3.8) is 0 Å². The molecule has 0 spiro atoms. The van der Waals surface area contributed by atoms with Crippen LogP contribution in [0.25, 0.3) is 0 Å². The minimum atomic E-state index is -3.76. The number of aromatic nitrogens is 4. The lowest BCUT2D eigenvalue weighted by Crippen LogP contribution is -2.06. The Bertz CT molecular complexity index is 705. The molecular formula is C10H12Cl2N4O2S. The van der Waals surface area contributed by atoms with E-state index in [1.165, 1.54) is 17.1 Å². The summed E-state index contributed by atoms with van der Waals surface area (Å²) in [7, 11) is 3.26. The Morgan fingerprint density at radius 2 is 2.11 bits per heavy atom. The monoisotopic (exact) mass is 322 g/mol. The minimum Gasteiger partial charge on any atom is -0.269 e. The molecule has 0 radical (unpaired) electrons. The highest BCUT2D eigenvalue weighted by molar-refractivity contribution is 8.13. The number of halogens is 2. The second kappa shape index (κ2) is 5.15. The van der Waals surface area contributed by atoms with Crippen LogP contribution in [0.5, 0.6) is 0 Å². The summed E-state index contributed by atoms with van der Waals surface area (Å²) >= 11 is 6.21. The maximum absolute atomic E-state index is 11.2. The zero-order valence-corrected chi connectivity index (χ0v) is 12.7. The van der Waals surface area contributed by atoms with Gasteiger partial charge < -0.3 is 0 Å². The third-order valence-electron chi connectivity index (χ3n) is 2.71. The zero-order chi connectivity index (χ0) is 14.2. The molecule has 0 aliphatic heterocycles. The van der Waals surface area contributed by atoms with Crippen molar-refractivity contribution in [3.8, 4) is 0 Å². The van der Waals surface area contributed by atoms with Crippen molar-refractivity contribution in [2.24, 2.45) is 7.05 Å². The van der Waals surface area contributed by atoms with Gasteiger partial charge in [0.1, 0.15) is 4.90 Å². The van der Waals surface area contributed by atoms with Gasteiger partial charge in [-0.1, -0.05) is 18.5 Å². The molecule has 0 amide bonds. The SMILES string of the molecule is CCc1nn(C)c(Cn2cc(S(=O)(=O)Cl)cn2)c1Cl. The number of hydrogen-bond donors (Lipinski definition) is 0. The Hall–Kier alpha value is -1.05. The van der Waals surface area contributed by atoms with E-state index in [1.807, 2.05) is 6.92 Å². The van der Waals surface area contributed by atoms with Crippen LogP contribution in [0.3, 0.4) is 0 Å². The van der Waals surface area contributed by atoms with E-state index >= 15 is 0 Å². The Labute approximate surface area is 120 Å². The molecule has 0 N–H and O–H groups in total. The van der Waals surface area contributed by atoms with Crippen molar-refractivity contribution < 1.29 is 8.42 Å². The van der Waals surface area contributed by atoms with E-state index in [-0.39, 0.29) is 4.90 Å². The van der Waals surface area contributed by atoms with Crippen molar-refractivity contribution in [2.75, 3.05) is 0 Å². The number of nitrogens with zero attached hydrogens (tertiary/aromatic N) is 4. The van der Waals surface area contributed by atoms with Crippen LogP contribution in [0.1, 0.15) is 18.3 Å². The van der Waals surface area contributed by atoms with E-state index in [0.29, 0.717) is 11.6 Å². The Kier molecular flexibility index (Phi) is 3.89. The quantitative estimate of drug-likeness (QED) is 0.805. The van der Waals surface area contributed by atoms with E-state index < -0.39 is 9.05 Å². The van der Waals surface area contributed by atoms with Crippen LogP contribution in [-0.2, 0) is 29.1 Å².